The number of benzene rings is 1. The molecule has 0 amide bonds. The van der Waals surface area contributed by atoms with E-state index in [0.717, 1.165) is 31.2 Å². The largest absolute Gasteiger partial charge is 0.388 e. The van der Waals surface area contributed by atoms with E-state index in [0.29, 0.717) is 4.90 Å². The Labute approximate surface area is 103 Å². The molecule has 1 aromatic rings. The Morgan fingerprint density at radius 3 is 2.24 bits per heavy atom. The van der Waals surface area contributed by atoms with Crippen molar-refractivity contribution in [1.29, 1.82) is 0 Å². The monoisotopic (exact) mass is 256 g/mol. The Bertz CT molecular complexity index is 434. The van der Waals surface area contributed by atoms with Crippen molar-refractivity contribution in [3.8, 4) is 0 Å². The highest BCUT2D eigenvalue weighted by atomic mass is 32.2. The molecule has 17 heavy (non-hydrogen) atoms. The van der Waals surface area contributed by atoms with E-state index in [2.05, 4.69) is 6.92 Å². The molecule has 4 heteroatoms. The van der Waals surface area contributed by atoms with E-state index in [9.17, 15) is 13.5 Å². The molecule has 0 aliphatic rings. The van der Waals surface area contributed by atoms with Crippen LogP contribution in [0.5, 0.6) is 0 Å². The van der Waals surface area contributed by atoms with Crippen molar-refractivity contribution in [1.82, 2.24) is 0 Å². The molecule has 1 N–H and O–H groups in total. The zero-order valence-electron chi connectivity index (χ0n) is 10.4. The van der Waals surface area contributed by atoms with Gasteiger partial charge in [0.05, 0.1) is 11.0 Å². The Morgan fingerprint density at radius 1 is 1.18 bits per heavy atom. The maximum Gasteiger partial charge on any atom is 0.175 e. The Balaban J connectivity index is 2.67. The lowest BCUT2D eigenvalue weighted by molar-refractivity contribution is 0.163. The molecule has 1 unspecified atom stereocenters. The first kappa shape index (κ1) is 14.2. The Morgan fingerprint density at radius 2 is 1.76 bits per heavy atom. The van der Waals surface area contributed by atoms with Crippen LogP contribution in [0.15, 0.2) is 29.2 Å². The highest BCUT2D eigenvalue weighted by Gasteiger charge is 2.10. The van der Waals surface area contributed by atoms with Gasteiger partial charge in [0.2, 0.25) is 0 Å². The van der Waals surface area contributed by atoms with Gasteiger partial charge in [-0.1, -0.05) is 38.3 Å². The summed E-state index contributed by atoms with van der Waals surface area (Å²) in [6, 6.07) is 6.47. The fourth-order valence-corrected chi connectivity index (χ4v) is 2.32. The first-order valence-electron chi connectivity index (χ1n) is 5.93. The molecule has 0 aliphatic carbocycles. The fourth-order valence-electron chi connectivity index (χ4n) is 1.69. The molecule has 1 rings (SSSR count). The fraction of sp³-hybridized carbons (Fsp3) is 0.538. The minimum absolute atomic E-state index is 0.294. The molecule has 1 aromatic carbocycles. The van der Waals surface area contributed by atoms with E-state index in [1.54, 1.807) is 24.3 Å². The third kappa shape index (κ3) is 4.48. The summed E-state index contributed by atoms with van der Waals surface area (Å²) in [6.07, 6.45) is 4.64. The number of hydrogen-bond donors (Lipinski definition) is 1. The van der Waals surface area contributed by atoms with Crippen LogP contribution in [0.25, 0.3) is 0 Å². The molecule has 0 aliphatic heterocycles. The van der Waals surface area contributed by atoms with Crippen LogP contribution in [0.3, 0.4) is 0 Å². The lowest BCUT2D eigenvalue weighted by Crippen LogP contribution is -2.00. The number of aliphatic hydroxyl groups excluding tert-OH is 1. The minimum atomic E-state index is -3.15. The lowest BCUT2D eigenvalue weighted by Gasteiger charge is -2.10. The van der Waals surface area contributed by atoms with Gasteiger partial charge in [-0.05, 0) is 24.1 Å². The molecule has 0 heterocycles. The van der Waals surface area contributed by atoms with Gasteiger partial charge in [-0.25, -0.2) is 8.42 Å². The van der Waals surface area contributed by atoms with Gasteiger partial charge in [-0.3, -0.25) is 0 Å². The van der Waals surface area contributed by atoms with Crippen molar-refractivity contribution in [2.24, 2.45) is 0 Å². The second kappa shape index (κ2) is 6.17. The van der Waals surface area contributed by atoms with Crippen molar-refractivity contribution < 1.29 is 13.5 Å². The van der Waals surface area contributed by atoms with Crippen LogP contribution in [0, 0.1) is 0 Å². The highest BCUT2D eigenvalue weighted by Crippen LogP contribution is 2.21. The topological polar surface area (TPSA) is 54.4 Å². The second-order valence-corrected chi connectivity index (χ2v) is 6.37. The number of aliphatic hydroxyl groups is 1. The third-order valence-corrected chi connectivity index (χ3v) is 3.90. The van der Waals surface area contributed by atoms with Gasteiger partial charge in [-0.2, -0.15) is 0 Å². The summed E-state index contributed by atoms with van der Waals surface area (Å²) < 4.78 is 22.5. The van der Waals surface area contributed by atoms with Crippen molar-refractivity contribution in [3.05, 3.63) is 29.8 Å². The van der Waals surface area contributed by atoms with Crippen LogP contribution < -0.4 is 0 Å². The molecule has 0 spiro atoms. The molecule has 0 radical (unpaired) electrons. The van der Waals surface area contributed by atoms with Gasteiger partial charge in [0.25, 0.3) is 0 Å². The van der Waals surface area contributed by atoms with Crippen LogP contribution >= 0.6 is 0 Å². The van der Waals surface area contributed by atoms with Crippen LogP contribution in [-0.4, -0.2) is 19.8 Å². The summed E-state index contributed by atoms with van der Waals surface area (Å²) >= 11 is 0. The van der Waals surface area contributed by atoms with Gasteiger partial charge in [0.15, 0.2) is 9.84 Å². The van der Waals surface area contributed by atoms with Crippen molar-refractivity contribution in [2.75, 3.05) is 6.26 Å². The average molecular weight is 256 g/mol. The zero-order valence-corrected chi connectivity index (χ0v) is 11.2. The van der Waals surface area contributed by atoms with E-state index < -0.39 is 15.9 Å². The second-order valence-electron chi connectivity index (χ2n) is 4.35. The first-order chi connectivity index (χ1) is 7.95. The van der Waals surface area contributed by atoms with Crippen LogP contribution in [0.4, 0.5) is 0 Å². The third-order valence-electron chi connectivity index (χ3n) is 2.77. The van der Waals surface area contributed by atoms with E-state index in [1.807, 2.05) is 0 Å². The normalized spacial score (nSPS) is 13.6. The summed E-state index contributed by atoms with van der Waals surface area (Å²) in [5.74, 6) is 0. The molecule has 3 nitrogen and oxygen atoms in total. The maximum absolute atomic E-state index is 11.3. The van der Waals surface area contributed by atoms with Crippen LogP contribution in [0.1, 0.15) is 44.3 Å². The van der Waals surface area contributed by atoms with E-state index >= 15 is 0 Å². The standard InChI is InChI=1S/C13H20O3S/c1-3-4-5-6-13(14)11-7-9-12(10-8-11)17(2,15)16/h7-10,13-14H,3-6H2,1-2H3. The number of sulfone groups is 1. The smallest absolute Gasteiger partial charge is 0.175 e. The summed E-state index contributed by atoms with van der Waals surface area (Å²) in [4.78, 5) is 0.294. The number of unbranched alkanes of at least 4 members (excludes halogenated alkanes) is 2. The maximum atomic E-state index is 11.3. The SMILES string of the molecule is CCCCCC(O)c1ccc(S(C)(=O)=O)cc1. The van der Waals surface area contributed by atoms with E-state index in [1.165, 1.54) is 6.26 Å². The van der Waals surface area contributed by atoms with Gasteiger partial charge >= 0.3 is 0 Å². The van der Waals surface area contributed by atoms with Crippen LogP contribution in [-0.2, 0) is 9.84 Å². The Kier molecular flexibility index (Phi) is 5.15. The molecular formula is C13H20O3S. The summed E-state index contributed by atoms with van der Waals surface area (Å²) in [5.41, 5.74) is 0.786. The van der Waals surface area contributed by atoms with E-state index in [-0.39, 0.29) is 0 Å². The van der Waals surface area contributed by atoms with Gasteiger partial charge in [-0.15, -0.1) is 0 Å². The van der Waals surface area contributed by atoms with Crippen molar-refractivity contribution in [3.63, 3.8) is 0 Å². The molecule has 96 valence electrons. The number of rotatable bonds is 6. The minimum Gasteiger partial charge on any atom is -0.388 e. The zero-order chi connectivity index (χ0) is 12.9. The quantitative estimate of drug-likeness (QED) is 0.796. The van der Waals surface area contributed by atoms with Crippen molar-refractivity contribution in [2.45, 2.75) is 43.6 Å². The summed E-state index contributed by atoms with van der Waals surface area (Å²) in [7, 11) is -3.15. The Hall–Kier alpha value is -0.870. The number of hydrogen-bond acceptors (Lipinski definition) is 3. The van der Waals surface area contributed by atoms with Gasteiger partial charge in [0.1, 0.15) is 0 Å². The predicted octanol–water partition coefficient (Wildman–Crippen LogP) is 2.70. The van der Waals surface area contributed by atoms with E-state index in [4.69, 9.17) is 0 Å². The predicted molar refractivity (Wildman–Crippen MR) is 68.7 cm³/mol. The molecule has 0 aromatic heterocycles. The molecule has 1 atom stereocenters. The highest BCUT2D eigenvalue weighted by molar-refractivity contribution is 7.90. The average Bonchev–Trinajstić information content (AvgIpc) is 2.28. The van der Waals surface area contributed by atoms with Gasteiger partial charge < -0.3 is 5.11 Å². The molecule has 0 saturated carbocycles. The summed E-state index contributed by atoms with van der Waals surface area (Å²) in [5, 5.41) is 9.89. The molecule has 0 fully saturated rings. The molecule has 0 saturated heterocycles. The van der Waals surface area contributed by atoms with Crippen molar-refractivity contribution >= 4 is 9.84 Å². The van der Waals surface area contributed by atoms with Crippen LogP contribution in [0.2, 0.25) is 0 Å². The first-order valence-corrected chi connectivity index (χ1v) is 7.82. The van der Waals surface area contributed by atoms with Gasteiger partial charge in [0, 0.05) is 6.26 Å². The lowest BCUT2D eigenvalue weighted by atomic mass is 10.0. The molecular weight excluding hydrogens is 236 g/mol. The summed E-state index contributed by atoms with van der Waals surface area (Å²) in [6.45, 7) is 2.12. The molecule has 0 bridgehead atoms.